The fraction of sp³-hybridized carbons (Fsp3) is 0.929. The largest absolute Gasteiger partial charge is 0.353 e. The smallest absolute Gasteiger partial charge is 0.224 e. The Morgan fingerprint density at radius 1 is 1.28 bits per heavy atom. The van der Waals surface area contributed by atoms with Gasteiger partial charge in [0.25, 0.3) is 0 Å². The molecule has 0 aliphatic heterocycles. The summed E-state index contributed by atoms with van der Waals surface area (Å²) >= 11 is 0. The van der Waals surface area contributed by atoms with Crippen LogP contribution in [0.25, 0.3) is 0 Å². The second kappa shape index (κ2) is 7.34. The van der Waals surface area contributed by atoms with Crippen LogP contribution in [0.3, 0.4) is 0 Å². The van der Waals surface area contributed by atoms with Crippen LogP contribution in [0.4, 0.5) is 0 Å². The number of nitrogens with one attached hydrogen (secondary N) is 2. The number of carbonyl (C=O) groups is 1. The van der Waals surface area contributed by atoms with Gasteiger partial charge in [0.1, 0.15) is 0 Å². The SMILES string of the molecule is CNCC(C)C(=O)NC1CC1C1CCCCC1.Cl. The van der Waals surface area contributed by atoms with Gasteiger partial charge in [-0.1, -0.05) is 39.0 Å². The number of amides is 1. The summed E-state index contributed by atoms with van der Waals surface area (Å²) in [6.45, 7) is 2.76. The van der Waals surface area contributed by atoms with Crippen molar-refractivity contribution >= 4 is 18.3 Å². The minimum Gasteiger partial charge on any atom is -0.353 e. The lowest BCUT2D eigenvalue weighted by atomic mass is 9.85. The molecule has 0 aromatic rings. The molecule has 2 fully saturated rings. The third-order valence-corrected chi connectivity index (χ3v) is 4.38. The molecule has 2 aliphatic rings. The lowest BCUT2D eigenvalue weighted by molar-refractivity contribution is -0.124. The van der Waals surface area contributed by atoms with Crippen molar-refractivity contribution < 1.29 is 4.79 Å². The maximum absolute atomic E-state index is 11.9. The normalized spacial score (nSPS) is 29.2. The minimum atomic E-state index is 0. The highest BCUT2D eigenvalue weighted by Crippen LogP contribution is 2.44. The van der Waals surface area contributed by atoms with E-state index in [4.69, 9.17) is 0 Å². The maximum Gasteiger partial charge on any atom is 0.224 e. The van der Waals surface area contributed by atoms with Crippen molar-refractivity contribution in [3.63, 3.8) is 0 Å². The van der Waals surface area contributed by atoms with E-state index in [0.29, 0.717) is 6.04 Å². The van der Waals surface area contributed by atoms with Crippen LogP contribution in [0.2, 0.25) is 0 Å². The standard InChI is InChI=1S/C14H26N2O.ClH/c1-10(9-15-2)14(17)16-13-8-12(13)11-6-4-3-5-7-11;/h10-13,15H,3-9H2,1-2H3,(H,16,17);1H. The Balaban J connectivity index is 0.00000162. The first-order valence-corrected chi connectivity index (χ1v) is 7.17. The average molecular weight is 275 g/mol. The summed E-state index contributed by atoms with van der Waals surface area (Å²) in [5.41, 5.74) is 0. The van der Waals surface area contributed by atoms with Gasteiger partial charge < -0.3 is 10.6 Å². The molecule has 0 heterocycles. The monoisotopic (exact) mass is 274 g/mol. The molecule has 2 rings (SSSR count). The molecule has 3 atom stereocenters. The summed E-state index contributed by atoms with van der Waals surface area (Å²) < 4.78 is 0. The molecule has 106 valence electrons. The van der Waals surface area contributed by atoms with Crippen LogP contribution in [-0.2, 0) is 4.79 Å². The van der Waals surface area contributed by atoms with Crippen molar-refractivity contribution in [2.75, 3.05) is 13.6 Å². The number of hydrogen-bond acceptors (Lipinski definition) is 2. The molecule has 0 aromatic heterocycles. The fourth-order valence-electron chi connectivity index (χ4n) is 3.19. The van der Waals surface area contributed by atoms with Gasteiger partial charge >= 0.3 is 0 Å². The van der Waals surface area contributed by atoms with Crippen molar-refractivity contribution in [3.8, 4) is 0 Å². The van der Waals surface area contributed by atoms with Crippen molar-refractivity contribution in [2.45, 2.75) is 51.5 Å². The van der Waals surface area contributed by atoms with Gasteiger partial charge in [-0.2, -0.15) is 0 Å². The summed E-state index contributed by atoms with van der Waals surface area (Å²) in [4.78, 5) is 11.9. The van der Waals surface area contributed by atoms with E-state index in [0.717, 1.165) is 18.4 Å². The van der Waals surface area contributed by atoms with Gasteiger partial charge in [-0.25, -0.2) is 0 Å². The first-order chi connectivity index (χ1) is 8.22. The van der Waals surface area contributed by atoms with Crippen molar-refractivity contribution in [1.82, 2.24) is 10.6 Å². The first-order valence-electron chi connectivity index (χ1n) is 7.17. The zero-order valence-electron chi connectivity index (χ0n) is 11.6. The molecule has 0 radical (unpaired) electrons. The Morgan fingerprint density at radius 3 is 2.56 bits per heavy atom. The molecular weight excluding hydrogens is 248 g/mol. The predicted molar refractivity (Wildman–Crippen MR) is 77.0 cm³/mol. The van der Waals surface area contributed by atoms with Crippen LogP contribution in [0, 0.1) is 17.8 Å². The molecule has 4 heteroatoms. The van der Waals surface area contributed by atoms with Crippen LogP contribution in [0.5, 0.6) is 0 Å². The number of rotatable bonds is 5. The second-order valence-corrected chi connectivity index (χ2v) is 5.87. The third-order valence-electron chi connectivity index (χ3n) is 4.38. The maximum atomic E-state index is 11.9. The van der Waals surface area contributed by atoms with Gasteiger partial charge in [-0.15, -0.1) is 12.4 Å². The van der Waals surface area contributed by atoms with Gasteiger partial charge in [0.05, 0.1) is 0 Å². The quantitative estimate of drug-likeness (QED) is 0.808. The number of halogens is 1. The van der Waals surface area contributed by atoms with E-state index in [-0.39, 0.29) is 24.2 Å². The van der Waals surface area contributed by atoms with Gasteiger partial charge in [-0.3, -0.25) is 4.79 Å². The molecule has 3 unspecified atom stereocenters. The van der Waals surface area contributed by atoms with Crippen molar-refractivity contribution in [1.29, 1.82) is 0 Å². The van der Waals surface area contributed by atoms with Gasteiger partial charge in [0.15, 0.2) is 0 Å². The molecule has 1 amide bonds. The molecule has 2 N–H and O–H groups in total. The molecule has 2 aliphatic carbocycles. The van der Waals surface area contributed by atoms with Crippen LogP contribution in [0.1, 0.15) is 45.4 Å². The number of hydrogen-bond donors (Lipinski definition) is 2. The van der Waals surface area contributed by atoms with E-state index < -0.39 is 0 Å². The highest BCUT2D eigenvalue weighted by Gasteiger charge is 2.43. The van der Waals surface area contributed by atoms with Crippen LogP contribution in [0.15, 0.2) is 0 Å². The van der Waals surface area contributed by atoms with Crippen LogP contribution >= 0.6 is 12.4 Å². The van der Waals surface area contributed by atoms with E-state index in [1.54, 1.807) is 0 Å². The fourth-order valence-corrected chi connectivity index (χ4v) is 3.19. The topological polar surface area (TPSA) is 41.1 Å². The third kappa shape index (κ3) is 4.13. The molecule has 3 nitrogen and oxygen atoms in total. The summed E-state index contributed by atoms with van der Waals surface area (Å²) in [5.74, 6) is 2.00. The highest BCUT2D eigenvalue weighted by atomic mass is 35.5. The van der Waals surface area contributed by atoms with E-state index in [2.05, 4.69) is 10.6 Å². The minimum absolute atomic E-state index is 0. The zero-order valence-corrected chi connectivity index (χ0v) is 12.4. The van der Waals surface area contributed by atoms with Gasteiger partial charge in [0, 0.05) is 18.5 Å². The lowest BCUT2D eigenvalue weighted by Crippen LogP contribution is -2.36. The Morgan fingerprint density at radius 2 is 1.94 bits per heavy atom. The summed E-state index contributed by atoms with van der Waals surface area (Å²) in [6, 6.07) is 0.491. The lowest BCUT2D eigenvalue weighted by Gasteiger charge is -2.22. The Bertz CT molecular complexity index is 267. The summed E-state index contributed by atoms with van der Waals surface area (Å²) in [7, 11) is 1.89. The van der Waals surface area contributed by atoms with E-state index in [1.807, 2.05) is 14.0 Å². The highest BCUT2D eigenvalue weighted by molar-refractivity contribution is 5.85. The summed E-state index contributed by atoms with van der Waals surface area (Å²) in [5, 5.41) is 6.26. The predicted octanol–water partition coefficient (Wildman–Crippen LogP) is 2.35. The molecule has 0 bridgehead atoms. The molecular formula is C14H27ClN2O. The molecule has 0 spiro atoms. The summed E-state index contributed by atoms with van der Waals surface area (Å²) in [6.07, 6.45) is 8.23. The molecule has 0 saturated heterocycles. The molecule has 18 heavy (non-hydrogen) atoms. The second-order valence-electron chi connectivity index (χ2n) is 5.87. The zero-order chi connectivity index (χ0) is 12.3. The van der Waals surface area contributed by atoms with E-state index in [9.17, 15) is 4.79 Å². The van der Waals surface area contributed by atoms with E-state index >= 15 is 0 Å². The van der Waals surface area contributed by atoms with Crippen molar-refractivity contribution in [3.05, 3.63) is 0 Å². The molecule has 2 saturated carbocycles. The van der Waals surface area contributed by atoms with Crippen LogP contribution < -0.4 is 10.6 Å². The Labute approximate surface area is 117 Å². The number of carbonyl (C=O) groups excluding carboxylic acids is 1. The first kappa shape index (κ1) is 15.8. The van der Waals surface area contributed by atoms with Gasteiger partial charge in [0.2, 0.25) is 5.91 Å². The van der Waals surface area contributed by atoms with Gasteiger partial charge in [-0.05, 0) is 25.3 Å². The Hall–Kier alpha value is -0.280. The van der Waals surface area contributed by atoms with E-state index in [1.165, 1.54) is 38.5 Å². The van der Waals surface area contributed by atoms with Crippen molar-refractivity contribution in [2.24, 2.45) is 17.8 Å². The Kier molecular flexibility index (Phi) is 6.44. The van der Waals surface area contributed by atoms with Crippen LogP contribution in [-0.4, -0.2) is 25.5 Å². The average Bonchev–Trinajstić information content (AvgIpc) is 3.10. The molecule has 0 aromatic carbocycles.